The van der Waals surface area contributed by atoms with Gasteiger partial charge in [-0.05, 0) is 24.1 Å². The van der Waals surface area contributed by atoms with E-state index in [0.29, 0.717) is 0 Å². The fourth-order valence-electron chi connectivity index (χ4n) is 3.13. The van der Waals surface area contributed by atoms with Gasteiger partial charge in [0.2, 0.25) is 11.1 Å². The van der Waals surface area contributed by atoms with E-state index in [0.717, 1.165) is 35.1 Å². The van der Waals surface area contributed by atoms with Gasteiger partial charge < -0.3 is 10.7 Å². The first-order valence-electron chi connectivity index (χ1n) is 9.04. The van der Waals surface area contributed by atoms with Gasteiger partial charge in [-0.25, -0.2) is 4.68 Å². The minimum atomic E-state index is -0.362. The Kier molecular flexibility index (Phi) is 5.11. The number of amides is 1. The number of hydrogen-bond donors (Lipinski definition) is 2. The van der Waals surface area contributed by atoms with Crippen LogP contribution in [0.25, 0.3) is 0 Å². The first-order chi connectivity index (χ1) is 13.3. The number of nitrogens with one attached hydrogen (secondary N) is 2. The lowest BCUT2D eigenvalue weighted by atomic mass is 10.0. The van der Waals surface area contributed by atoms with Crippen molar-refractivity contribution < 1.29 is 4.79 Å². The van der Waals surface area contributed by atoms with E-state index in [2.05, 4.69) is 27.9 Å². The summed E-state index contributed by atoms with van der Waals surface area (Å²) < 4.78 is 1.93. The maximum Gasteiger partial charge on any atom is 0.240 e. The molecule has 1 aromatic heterocycles. The van der Waals surface area contributed by atoms with Gasteiger partial charge in [0.25, 0.3) is 0 Å². The van der Waals surface area contributed by atoms with E-state index in [9.17, 15) is 4.79 Å². The average Bonchev–Trinajstić information content (AvgIpc) is 3.11. The number of hydrogen-bond acceptors (Lipinski definition) is 5. The van der Waals surface area contributed by atoms with Gasteiger partial charge in [-0.15, -0.1) is 10.2 Å². The molecule has 4 rings (SSSR count). The predicted molar refractivity (Wildman–Crippen MR) is 107 cm³/mol. The SMILES string of the molecule is CCCc1nnc2n1N[C@H](c1ccccc1)[C@@H](C(=O)Nc1ccccc1)S2. The third kappa shape index (κ3) is 3.68. The number of aromatic nitrogens is 3. The van der Waals surface area contributed by atoms with Crippen LogP contribution in [0.3, 0.4) is 0 Å². The number of rotatable bonds is 5. The molecule has 1 aliphatic heterocycles. The van der Waals surface area contributed by atoms with E-state index in [1.807, 2.05) is 65.3 Å². The van der Waals surface area contributed by atoms with Crippen molar-refractivity contribution in [3.05, 3.63) is 72.1 Å². The standard InChI is InChI=1S/C20H21N5OS/c1-2-9-16-22-23-20-25(16)24-17(14-10-5-3-6-11-14)18(27-20)19(26)21-15-12-7-4-8-13-15/h3-8,10-13,17-18,24H,2,9H2,1H3,(H,21,26)/t17-,18+/m1/s1. The van der Waals surface area contributed by atoms with Crippen LogP contribution in [-0.2, 0) is 11.2 Å². The Morgan fingerprint density at radius 1 is 1.11 bits per heavy atom. The second-order valence-electron chi connectivity index (χ2n) is 6.40. The van der Waals surface area contributed by atoms with E-state index in [4.69, 9.17) is 0 Å². The number of thioether (sulfide) groups is 1. The highest BCUT2D eigenvalue weighted by Crippen LogP contribution is 2.37. The summed E-state index contributed by atoms with van der Waals surface area (Å²) in [5.41, 5.74) is 5.31. The molecule has 2 heterocycles. The number of nitrogens with zero attached hydrogens (tertiary/aromatic N) is 3. The zero-order valence-corrected chi connectivity index (χ0v) is 15.8. The molecule has 1 aliphatic rings. The van der Waals surface area contributed by atoms with E-state index in [1.165, 1.54) is 11.8 Å². The van der Waals surface area contributed by atoms with Gasteiger partial charge in [-0.3, -0.25) is 4.79 Å². The van der Waals surface area contributed by atoms with Gasteiger partial charge in [-0.2, -0.15) is 0 Å². The summed E-state index contributed by atoms with van der Waals surface area (Å²) in [7, 11) is 0. The Labute approximate surface area is 162 Å². The summed E-state index contributed by atoms with van der Waals surface area (Å²) in [6.07, 6.45) is 1.82. The van der Waals surface area contributed by atoms with Crippen molar-refractivity contribution in [2.45, 2.75) is 36.2 Å². The van der Waals surface area contributed by atoms with E-state index in [-0.39, 0.29) is 17.2 Å². The van der Waals surface area contributed by atoms with Crippen LogP contribution in [0.1, 0.15) is 30.8 Å². The Hall–Kier alpha value is -2.80. The quantitative estimate of drug-likeness (QED) is 0.708. The molecule has 0 spiro atoms. The molecule has 138 valence electrons. The fourth-order valence-corrected chi connectivity index (χ4v) is 4.23. The molecule has 0 unspecified atom stereocenters. The Bertz CT molecular complexity index is 913. The maximum absolute atomic E-state index is 13.1. The van der Waals surface area contributed by atoms with Crippen molar-refractivity contribution in [3.8, 4) is 0 Å². The Morgan fingerprint density at radius 2 is 1.81 bits per heavy atom. The second kappa shape index (κ2) is 7.84. The average molecular weight is 379 g/mol. The number of carbonyl (C=O) groups excluding carboxylic acids is 1. The molecule has 0 saturated carbocycles. The predicted octanol–water partition coefficient (Wildman–Crippen LogP) is 3.63. The molecule has 0 bridgehead atoms. The zero-order valence-electron chi connectivity index (χ0n) is 15.0. The van der Waals surface area contributed by atoms with Crippen molar-refractivity contribution in [3.63, 3.8) is 0 Å². The van der Waals surface area contributed by atoms with Crippen molar-refractivity contribution in [2.24, 2.45) is 0 Å². The summed E-state index contributed by atoms with van der Waals surface area (Å²) in [6, 6.07) is 19.4. The second-order valence-corrected chi connectivity index (χ2v) is 7.50. The van der Waals surface area contributed by atoms with Crippen molar-refractivity contribution in [2.75, 3.05) is 10.7 Å². The van der Waals surface area contributed by atoms with Gasteiger partial charge in [0.1, 0.15) is 5.25 Å². The Balaban J connectivity index is 1.66. The molecule has 2 aromatic carbocycles. The smallest absolute Gasteiger partial charge is 0.240 e. The van der Waals surface area contributed by atoms with Crippen LogP contribution >= 0.6 is 11.8 Å². The van der Waals surface area contributed by atoms with Gasteiger partial charge in [0.15, 0.2) is 5.82 Å². The first-order valence-corrected chi connectivity index (χ1v) is 9.92. The van der Waals surface area contributed by atoms with Gasteiger partial charge in [0, 0.05) is 12.1 Å². The Morgan fingerprint density at radius 3 is 2.52 bits per heavy atom. The van der Waals surface area contributed by atoms with E-state index < -0.39 is 0 Å². The topological polar surface area (TPSA) is 71.8 Å². The van der Waals surface area contributed by atoms with E-state index >= 15 is 0 Å². The zero-order chi connectivity index (χ0) is 18.6. The summed E-state index contributed by atoms with van der Waals surface area (Å²) in [5.74, 6) is 0.835. The number of carbonyl (C=O) groups is 1. The van der Waals surface area contributed by atoms with E-state index in [1.54, 1.807) is 0 Å². The lowest BCUT2D eigenvalue weighted by molar-refractivity contribution is -0.116. The lowest BCUT2D eigenvalue weighted by Crippen LogP contribution is -2.41. The van der Waals surface area contributed by atoms with Crippen LogP contribution in [0.5, 0.6) is 0 Å². The minimum Gasteiger partial charge on any atom is -0.325 e. The highest BCUT2D eigenvalue weighted by molar-refractivity contribution is 8.00. The molecule has 0 saturated heterocycles. The van der Waals surface area contributed by atoms with Crippen molar-refractivity contribution in [1.82, 2.24) is 14.9 Å². The molecule has 27 heavy (non-hydrogen) atoms. The minimum absolute atomic E-state index is 0.0566. The van der Waals surface area contributed by atoms with Crippen LogP contribution in [0.4, 0.5) is 5.69 Å². The summed E-state index contributed by atoms with van der Waals surface area (Å²) >= 11 is 1.45. The van der Waals surface area contributed by atoms with Gasteiger partial charge in [0.05, 0.1) is 6.04 Å². The molecule has 7 heteroatoms. The van der Waals surface area contributed by atoms with Crippen molar-refractivity contribution >= 4 is 23.4 Å². The number of para-hydroxylation sites is 1. The number of aryl methyl sites for hydroxylation is 1. The van der Waals surface area contributed by atoms with Crippen LogP contribution in [0.15, 0.2) is 65.8 Å². The van der Waals surface area contributed by atoms with Crippen LogP contribution in [-0.4, -0.2) is 26.0 Å². The summed E-state index contributed by atoms with van der Waals surface area (Å²) in [6.45, 7) is 2.11. The largest absolute Gasteiger partial charge is 0.325 e. The molecule has 0 fully saturated rings. The lowest BCUT2D eigenvalue weighted by Gasteiger charge is -2.33. The van der Waals surface area contributed by atoms with Gasteiger partial charge >= 0.3 is 0 Å². The third-order valence-electron chi connectivity index (χ3n) is 4.44. The molecule has 0 aliphatic carbocycles. The number of anilines is 1. The maximum atomic E-state index is 13.1. The van der Waals surface area contributed by atoms with Gasteiger partial charge in [-0.1, -0.05) is 67.2 Å². The third-order valence-corrected chi connectivity index (χ3v) is 5.65. The fraction of sp³-hybridized carbons (Fsp3) is 0.250. The summed E-state index contributed by atoms with van der Waals surface area (Å²) in [5, 5.41) is 11.9. The summed E-state index contributed by atoms with van der Waals surface area (Å²) in [4.78, 5) is 13.1. The van der Waals surface area contributed by atoms with Crippen molar-refractivity contribution in [1.29, 1.82) is 0 Å². The molecule has 6 nitrogen and oxygen atoms in total. The van der Waals surface area contributed by atoms with Crippen LogP contribution in [0.2, 0.25) is 0 Å². The number of fused-ring (bicyclic) bond motifs is 1. The first kappa shape index (κ1) is 17.6. The van der Waals surface area contributed by atoms with Crippen LogP contribution < -0.4 is 10.7 Å². The number of benzene rings is 2. The normalized spacial score (nSPS) is 18.4. The highest BCUT2D eigenvalue weighted by Gasteiger charge is 2.37. The molecular weight excluding hydrogens is 358 g/mol. The highest BCUT2D eigenvalue weighted by atomic mass is 32.2. The molecule has 0 radical (unpaired) electrons. The monoisotopic (exact) mass is 379 g/mol. The molecule has 2 N–H and O–H groups in total. The molecule has 2 atom stereocenters. The molecular formula is C20H21N5OS. The van der Waals surface area contributed by atoms with Crippen LogP contribution in [0, 0.1) is 0 Å². The molecule has 3 aromatic rings. The molecule has 1 amide bonds.